The molecule has 5 heteroatoms. The van der Waals surface area contributed by atoms with E-state index in [1.165, 1.54) is 6.42 Å². The fourth-order valence-electron chi connectivity index (χ4n) is 2.60. The molecule has 0 atom stereocenters. The van der Waals surface area contributed by atoms with Crippen molar-refractivity contribution in [2.24, 2.45) is 0 Å². The van der Waals surface area contributed by atoms with Gasteiger partial charge >= 0.3 is 0 Å². The highest BCUT2D eigenvalue weighted by molar-refractivity contribution is 6.30. The maximum absolute atomic E-state index is 12.5. The Bertz CT molecular complexity index is 651. The SMILES string of the molecule is O=C(c1cncc(Nc2ccc(Cl)cc2)c1)N1CCCCC1. The van der Waals surface area contributed by atoms with Crippen LogP contribution in [0.25, 0.3) is 0 Å². The lowest BCUT2D eigenvalue weighted by atomic mass is 10.1. The smallest absolute Gasteiger partial charge is 0.255 e. The Hall–Kier alpha value is -2.07. The Kier molecular flexibility index (Phi) is 4.59. The van der Waals surface area contributed by atoms with Crippen molar-refractivity contribution in [3.63, 3.8) is 0 Å². The number of aromatic nitrogens is 1. The van der Waals surface area contributed by atoms with Gasteiger partial charge in [-0.3, -0.25) is 9.78 Å². The molecule has 22 heavy (non-hydrogen) atoms. The van der Waals surface area contributed by atoms with E-state index in [0.29, 0.717) is 10.6 Å². The number of likely N-dealkylation sites (tertiary alicyclic amines) is 1. The molecule has 1 aromatic carbocycles. The third-order valence-corrected chi connectivity index (χ3v) is 4.01. The van der Waals surface area contributed by atoms with Crippen LogP contribution in [0.3, 0.4) is 0 Å². The van der Waals surface area contributed by atoms with E-state index >= 15 is 0 Å². The third-order valence-electron chi connectivity index (χ3n) is 3.76. The van der Waals surface area contributed by atoms with Gasteiger partial charge in [0.05, 0.1) is 17.4 Å². The van der Waals surface area contributed by atoms with Gasteiger partial charge in [0.25, 0.3) is 5.91 Å². The summed E-state index contributed by atoms with van der Waals surface area (Å²) in [6, 6.07) is 9.27. The van der Waals surface area contributed by atoms with E-state index in [1.807, 2.05) is 35.2 Å². The number of carbonyl (C=O) groups is 1. The number of anilines is 2. The van der Waals surface area contributed by atoms with E-state index in [4.69, 9.17) is 11.6 Å². The second-order valence-electron chi connectivity index (χ2n) is 5.45. The van der Waals surface area contributed by atoms with Crippen molar-refractivity contribution in [2.45, 2.75) is 19.3 Å². The van der Waals surface area contributed by atoms with Gasteiger partial charge in [0.2, 0.25) is 0 Å². The topological polar surface area (TPSA) is 45.2 Å². The summed E-state index contributed by atoms with van der Waals surface area (Å²) in [6.45, 7) is 1.68. The van der Waals surface area contributed by atoms with Gasteiger partial charge in [0.15, 0.2) is 0 Å². The molecule has 0 aliphatic carbocycles. The summed E-state index contributed by atoms with van der Waals surface area (Å²) < 4.78 is 0. The molecule has 0 saturated carbocycles. The summed E-state index contributed by atoms with van der Waals surface area (Å²) in [6.07, 6.45) is 6.72. The van der Waals surface area contributed by atoms with E-state index in [0.717, 1.165) is 37.3 Å². The molecule has 1 aliphatic heterocycles. The monoisotopic (exact) mass is 315 g/mol. The molecule has 1 saturated heterocycles. The number of hydrogen-bond donors (Lipinski definition) is 1. The molecule has 1 aliphatic rings. The van der Waals surface area contributed by atoms with Gasteiger partial charge in [-0.2, -0.15) is 0 Å². The molecule has 1 amide bonds. The van der Waals surface area contributed by atoms with Crippen molar-refractivity contribution in [1.82, 2.24) is 9.88 Å². The highest BCUT2D eigenvalue weighted by Crippen LogP contribution is 2.20. The lowest BCUT2D eigenvalue weighted by molar-refractivity contribution is 0.0724. The molecular formula is C17H18ClN3O. The van der Waals surface area contributed by atoms with Gasteiger partial charge < -0.3 is 10.2 Å². The quantitative estimate of drug-likeness (QED) is 0.927. The van der Waals surface area contributed by atoms with E-state index < -0.39 is 0 Å². The average Bonchev–Trinajstić information content (AvgIpc) is 2.57. The number of benzene rings is 1. The van der Waals surface area contributed by atoms with Crippen molar-refractivity contribution >= 4 is 28.9 Å². The number of pyridine rings is 1. The fraction of sp³-hybridized carbons (Fsp3) is 0.294. The zero-order valence-electron chi connectivity index (χ0n) is 12.3. The first-order valence-electron chi connectivity index (χ1n) is 7.49. The number of rotatable bonds is 3. The van der Waals surface area contributed by atoms with Crippen molar-refractivity contribution < 1.29 is 4.79 Å². The van der Waals surface area contributed by atoms with Crippen LogP contribution >= 0.6 is 11.6 Å². The van der Waals surface area contributed by atoms with Crippen LogP contribution < -0.4 is 5.32 Å². The van der Waals surface area contributed by atoms with E-state index in [-0.39, 0.29) is 5.91 Å². The normalized spacial score (nSPS) is 14.7. The third kappa shape index (κ3) is 3.57. The van der Waals surface area contributed by atoms with Crippen molar-refractivity contribution in [1.29, 1.82) is 0 Å². The predicted octanol–water partition coefficient (Wildman–Crippen LogP) is 4.10. The van der Waals surface area contributed by atoms with E-state index in [1.54, 1.807) is 12.4 Å². The lowest BCUT2D eigenvalue weighted by Gasteiger charge is -2.26. The Morgan fingerprint density at radius 3 is 2.50 bits per heavy atom. The minimum atomic E-state index is 0.0620. The summed E-state index contributed by atoms with van der Waals surface area (Å²) in [5.41, 5.74) is 2.33. The maximum atomic E-state index is 12.5. The first-order valence-corrected chi connectivity index (χ1v) is 7.87. The first kappa shape index (κ1) is 14.9. The largest absolute Gasteiger partial charge is 0.354 e. The van der Waals surface area contributed by atoms with Crippen LogP contribution in [0, 0.1) is 0 Å². The first-order chi connectivity index (χ1) is 10.7. The molecule has 0 spiro atoms. The summed E-state index contributed by atoms with van der Waals surface area (Å²) in [5.74, 6) is 0.0620. The second-order valence-corrected chi connectivity index (χ2v) is 5.88. The van der Waals surface area contributed by atoms with E-state index in [2.05, 4.69) is 10.3 Å². The molecule has 1 fully saturated rings. The fourth-order valence-corrected chi connectivity index (χ4v) is 2.73. The van der Waals surface area contributed by atoms with Crippen molar-refractivity contribution in [2.75, 3.05) is 18.4 Å². The number of nitrogens with one attached hydrogen (secondary N) is 1. The number of hydrogen-bond acceptors (Lipinski definition) is 3. The number of piperidine rings is 1. The van der Waals surface area contributed by atoms with Gasteiger partial charge in [0.1, 0.15) is 0 Å². The average molecular weight is 316 g/mol. The summed E-state index contributed by atoms with van der Waals surface area (Å²) in [5, 5.41) is 3.93. The second kappa shape index (κ2) is 6.79. The van der Waals surface area contributed by atoms with Crippen LogP contribution in [0.4, 0.5) is 11.4 Å². The van der Waals surface area contributed by atoms with Crippen LogP contribution in [0.2, 0.25) is 5.02 Å². The zero-order chi connectivity index (χ0) is 15.4. The van der Waals surface area contributed by atoms with Crippen LogP contribution in [-0.4, -0.2) is 28.9 Å². The van der Waals surface area contributed by atoms with Gasteiger partial charge in [0, 0.05) is 30.0 Å². The molecule has 0 unspecified atom stereocenters. The number of halogens is 1. The molecular weight excluding hydrogens is 298 g/mol. The predicted molar refractivity (Wildman–Crippen MR) is 88.7 cm³/mol. The van der Waals surface area contributed by atoms with Crippen LogP contribution in [0.15, 0.2) is 42.7 Å². The number of carbonyl (C=O) groups excluding carboxylic acids is 1. The summed E-state index contributed by atoms with van der Waals surface area (Å²) in [4.78, 5) is 18.6. The number of amides is 1. The van der Waals surface area contributed by atoms with Gasteiger partial charge in [-0.15, -0.1) is 0 Å². The van der Waals surface area contributed by atoms with Gasteiger partial charge in [-0.1, -0.05) is 11.6 Å². The Morgan fingerprint density at radius 2 is 1.77 bits per heavy atom. The molecule has 3 rings (SSSR count). The van der Waals surface area contributed by atoms with Crippen LogP contribution in [0.1, 0.15) is 29.6 Å². The Morgan fingerprint density at radius 1 is 1.05 bits per heavy atom. The summed E-state index contributed by atoms with van der Waals surface area (Å²) >= 11 is 5.88. The molecule has 0 radical (unpaired) electrons. The maximum Gasteiger partial charge on any atom is 0.255 e. The van der Waals surface area contributed by atoms with Crippen LogP contribution in [0.5, 0.6) is 0 Å². The molecule has 1 aromatic heterocycles. The highest BCUT2D eigenvalue weighted by Gasteiger charge is 2.18. The molecule has 114 valence electrons. The van der Waals surface area contributed by atoms with E-state index in [9.17, 15) is 4.79 Å². The lowest BCUT2D eigenvalue weighted by Crippen LogP contribution is -2.35. The van der Waals surface area contributed by atoms with Gasteiger partial charge in [-0.05, 0) is 49.6 Å². The van der Waals surface area contributed by atoms with Crippen molar-refractivity contribution in [3.05, 3.63) is 53.3 Å². The zero-order valence-corrected chi connectivity index (χ0v) is 13.0. The Labute approximate surface area is 135 Å². The minimum absolute atomic E-state index is 0.0620. The van der Waals surface area contributed by atoms with Crippen molar-refractivity contribution in [3.8, 4) is 0 Å². The molecule has 2 aromatic rings. The van der Waals surface area contributed by atoms with Gasteiger partial charge in [-0.25, -0.2) is 0 Å². The molecule has 0 bridgehead atoms. The highest BCUT2D eigenvalue weighted by atomic mass is 35.5. The summed E-state index contributed by atoms with van der Waals surface area (Å²) in [7, 11) is 0. The molecule has 4 nitrogen and oxygen atoms in total. The number of nitrogens with zero attached hydrogens (tertiary/aromatic N) is 2. The minimum Gasteiger partial charge on any atom is -0.354 e. The van der Waals surface area contributed by atoms with Crippen LogP contribution in [-0.2, 0) is 0 Å². The molecule has 2 heterocycles. The molecule has 1 N–H and O–H groups in total. The standard InChI is InChI=1S/C17H18ClN3O/c18-14-4-6-15(7-5-14)20-16-10-13(11-19-12-16)17(22)21-8-2-1-3-9-21/h4-7,10-12,20H,1-3,8-9H2. The Balaban J connectivity index is 1.74.